The molecule has 0 aliphatic carbocycles. The van der Waals surface area contributed by atoms with Crippen LogP contribution < -0.4 is 5.32 Å². The first kappa shape index (κ1) is 14.1. The molecule has 0 radical (unpaired) electrons. The van der Waals surface area contributed by atoms with Crippen molar-refractivity contribution in [3.05, 3.63) is 34.6 Å². The zero-order valence-electron chi connectivity index (χ0n) is 13.0. The van der Waals surface area contributed by atoms with Crippen molar-refractivity contribution < 1.29 is 4.42 Å². The number of benzene rings is 1. The number of furan rings is 1. The van der Waals surface area contributed by atoms with Crippen LogP contribution in [0.15, 0.2) is 16.5 Å². The predicted octanol–water partition coefficient (Wildman–Crippen LogP) is 4.32. The van der Waals surface area contributed by atoms with Crippen molar-refractivity contribution in [1.82, 2.24) is 5.32 Å². The Morgan fingerprint density at radius 2 is 1.89 bits per heavy atom. The van der Waals surface area contributed by atoms with Crippen molar-refractivity contribution in [2.45, 2.75) is 53.0 Å². The summed E-state index contributed by atoms with van der Waals surface area (Å²) in [5, 5.41) is 4.48. The van der Waals surface area contributed by atoms with E-state index in [1.165, 1.54) is 22.1 Å². The van der Waals surface area contributed by atoms with Crippen molar-refractivity contribution in [1.29, 1.82) is 0 Å². The summed E-state index contributed by atoms with van der Waals surface area (Å²) >= 11 is 0. The summed E-state index contributed by atoms with van der Waals surface area (Å²) in [4.78, 5) is 0. The first-order chi connectivity index (χ1) is 8.88. The minimum absolute atomic E-state index is 0.171. The molecule has 1 heterocycles. The summed E-state index contributed by atoms with van der Waals surface area (Å²) < 4.78 is 6.07. The van der Waals surface area contributed by atoms with Crippen LogP contribution in [0.1, 0.15) is 50.1 Å². The Labute approximate surface area is 116 Å². The fourth-order valence-corrected chi connectivity index (χ4v) is 2.59. The van der Waals surface area contributed by atoms with E-state index in [-0.39, 0.29) is 5.41 Å². The predicted molar refractivity (Wildman–Crippen MR) is 81.8 cm³/mol. The van der Waals surface area contributed by atoms with Crippen LogP contribution in [0, 0.1) is 6.92 Å². The molecular formula is C17H25NO. The molecule has 2 rings (SSSR count). The summed E-state index contributed by atoms with van der Waals surface area (Å²) in [5.41, 5.74) is 5.18. The maximum absolute atomic E-state index is 6.07. The van der Waals surface area contributed by atoms with Crippen molar-refractivity contribution in [2.24, 2.45) is 0 Å². The summed E-state index contributed by atoms with van der Waals surface area (Å²) in [6, 6.07) is 4.57. The quantitative estimate of drug-likeness (QED) is 0.888. The van der Waals surface area contributed by atoms with Crippen molar-refractivity contribution in [2.75, 3.05) is 7.05 Å². The second kappa shape index (κ2) is 5.01. The average Bonchev–Trinajstić information content (AvgIpc) is 2.66. The molecule has 19 heavy (non-hydrogen) atoms. The van der Waals surface area contributed by atoms with Crippen LogP contribution in [-0.2, 0) is 18.4 Å². The van der Waals surface area contributed by atoms with Gasteiger partial charge in [0.15, 0.2) is 0 Å². The van der Waals surface area contributed by atoms with E-state index in [1.54, 1.807) is 0 Å². The number of rotatable bonds is 3. The molecule has 1 aromatic carbocycles. The van der Waals surface area contributed by atoms with Gasteiger partial charge in [0.2, 0.25) is 0 Å². The van der Waals surface area contributed by atoms with Crippen LogP contribution in [0.4, 0.5) is 0 Å². The minimum Gasteiger partial charge on any atom is -0.459 e. The van der Waals surface area contributed by atoms with Gasteiger partial charge in [0.1, 0.15) is 11.3 Å². The molecule has 1 N–H and O–H groups in total. The van der Waals surface area contributed by atoms with Gasteiger partial charge in [-0.15, -0.1) is 0 Å². The number of fused-ring (bicyclic) bond motifs is 1. The second-order valence-electron chi connectivity index (χ2n) is 6.31. The van der Waals surface area contributed by atoms with E-state index in [0.717, 1.165) is 24.3 Å². The Bertz CT molecular complexity index is 587. The highest BCUT2D eigenvalue weighted by atomic mass is 16.3. The normalized spacial score (nSPS) is 12.3. The van der Waals surface area contributed by atoms with Gasteiger partial charge in [0, 0.05) is 10.9 Å². The number of aryl methyl sites for hydroxylation is 2. The van der Waals surface area contributed by atoms with Gasteiger partial charge < -0.3 is 9.73 Å². The second-order valence-corrected chi connectivity index (χ2v) is 6.31. The van der Waals surface area contributed by atoms with Gasteiger partial charge in [0.25, 0.3) is 0 Å². The highest BCUT2D eigenvalue weighted by Crippen LogP contribution is 2.34. The molecule has 0 saturated heterocycles. The molecule has 0 aliphatic heterocycles. The molecule has 0 atom stereocenters. The van der Waals surface area contributed by atoms with Crippen LogP contribution in [-0.4, -0.2) is 7.05 Å². The number of hydrogen-bond donors (Lipinski definition) is 1. The molecule has 0 amide bonds. The maximum atomic E-state index is 6.07. The highest BCUT2D eigenvalue weighted by Gasteiger charge is 2.19. The Morgan fingerprint density at radius 3 is 2.42 bits per heavy atom. The number of nitrogens with one attached hydrogen (secondary N) is 1. The summed E-state index contributed by atoms with van der Waals surface area (Å²) in [7, 11) is 1.96. The zero-order chi connectivity index (χ0) is 14.2. The van der Waals surface area contributed by atoms with E-state index in [9.17, 15) is 0 Å². The Hall–Kier alpha value is -1.28. The summed E-state index contributed by atoms with van der Waals surface area (Å²) in [6.45, 7) is 11.9. The minimum atomic E-state index is 0.171. The van der Waals surface area contributed by atoms with E-state index < -0.39 is 0 Å². The third-order valence-electron chi connectivity index (χ3n) is 3.72. The number of hydrogen-bond acceptors (Lipinski definition) is 2. The molecule has 2 heteroatoms. The first-order valence-corrected chi connectivity index (χ1v) is 7.08. The molecule has 0 bridgehead atoms. The lowest BCUT2D eigenvalue weighted by Gasteiger charge is -2.19. The largest absolute Gasteiger partial charge is 0.459 e. The van der Waals surface area contributed by atoms with E-state index in [0.29, 0.717) is 0 Å². The van der Waals surface area contributed by atoms with Crippen LogP contribution in [0.3, 0.4) is 0 Å². The highest BCUT2D eigenvalue weighted by molar-refractivity contribution is 5.86. The first-order valence-electron chi connectivity index (χ1n) is 7.08. The topological polar surface area (TPSA) is 25.2 Å². The lowest BCUT2D eigenvalue weighted by atomic mass is 9.85. The average molecular weight is 259 g/mol. The molecule has 2 nitrogen and oxygen atoms in total. The summed E-state index contributed by atoms with van der Waals surface area (Å²) in [5.74, 6) is 1.08. The fraction of sp³-hybridized carbons (Fsp3) is 0.529. The smallest absolute Gasteiger partial charge is 0.137 e. The Morgan fingerprint density at radius 1 is 1.21 bits per heavy atom. The molecule has 0 aliphatic rings. The molecule has 0 saturated carbocycles. The molecular weight excluding hydrogens is 234 g/mol. The Balaban J connectivity index is 2.71. The molecule has 0 fully saturated rings. The molecule has 104 valence electrons. The zero-order valence-corrected chi connectivity index (χ0v) is 13.0. The van der Waals surface area contributed by atoms with Crippen LogP contribution in [0.5, 0.6) is 0 Å². The third kappa shape index (κ3) is 2.55. The van der Waals surface area contributed by atoms with E-state index in [4.69, 9.17) is 4.42 Å². The third-order valence-corrected chi connectivity index (χ3v) is 3.72. The van der Waals surface area contributed by atoms with Crippen LogP contribution >= 0.6 is 0 Å². The van der Waals surface area contributed by atoms with E-state index >= 15 is 0 Å². The summed E-state index contributed by atoms with van der Waals surface area (Å²) in [6.07, 6.45) is 1.01. The molecule has 0 spiro atoms. The standard InChI is InChI=1S/C17H25NO/c1-7-13-14-9-12(17(3,4)5)8-11(2)16(14)19-15(13)10-18-6/h8-9,18H,7,10H2,1-6H3. The van der Waals surface area contributed by atoms with Gasteiger partial charge in [-0.3, -0.25) is 0 Å². The molecule has 0 unspecified atom stereocenters. The van der Waals surface area contributed by atoms with Crippen LogP contribution in [0.2, 0.25) is 0 Å². The lowest BCUT2D eigenvalue weighted by molar-refractivity contribution is 0.523. The Kier molecular flexibility index (Phi) is 3.73. The van der Waals surface area contributed by atoms with Crippen molar-refractivity contribution in [3.63, 3.8) is 0 Å². The maximum Gasteiger partial charge on any atom is 0.137 e. The van der Waals surface area contributed by atoms with Crippen molar-refractivity contribution in [3.8, 4) is 0 Å². The van der Waals surface area contributed by atoms with Gasteiger partial charge in [0.05, 0.1) is 6.54 Å². The fourth-order valence-electron chi connectivity index (χ4n) is 2.59. The SMILES string of the molecule is CCc1c(CNC)oc2c(C)cc(C(C)(C)C)cc12. The van der Waals surface area contributed by atoms with Gasteiger partial charge in [-0.1, -0.05) is 33.8 Å². The van der Waals surface area contributed by atoms with E-state index in [1.807, 2.05) is 7.05 Å². The van der Waals surface area contributed by atoms with Gasteiger partial charge >= 0.3 is 0 Å². The van der Waals surface area contributed by atoms with E-state index in [2.05, 4.69) is 52.1 Å². The van der Waals surface area contributed by atoms with Gasteiger partial charge in [-0.05, 0) is 43.0 Å². The molecule has 1 aromatic heterocycles. The van der Waals surface area contributed by atoms with Gasteiger partial charge in [-0.2, -0.15) is 0 Å². The molecule has 2 aromatic rings. The lowest BCUT2D eigenvalue weighted by Crippen LogP contribution is -2.11. The monoisotopic (exact) mass is 259 g/mol. The van der Waals surface area contributed by atoms with Crippen LogP contribution in [0.25, 0.3) is 11.0 Å². The van der Waals surface area contributed by atoms with Gasteiger partial charge in [-0.25, -0.2) is 0 Å². The van der Waals surface area contributed by atoms with Crippen molar-refractivity contribution >= 4 is 11.0 Å².